The molecule has 0 bridgehead atoms. The molecule has 1 heterocycles. The van der Waals surface area contributed by atoms with Crippen LogP contribution in [0.25, 0.3) is 0 Å². The minimum atomic E-state index is -1.39. The van der Waals surface area contributed by atoms with Crippen LogP contribution in [0.4, 0.5) is 10.1 Å². The molecule has 2 rings (SSSR count). The van der Waals surface area contributed by atoms with Crippen molar-refractivity contribution in [1.82, 2.24) is 4.90 Å². The molecule has 0 radical (unpaired) electrons. The highest BCUT2D eigenvalue weighted by Crippen LogP contribution is 2.23. The van der Waals surface area contributed by atoms with Gasteiger partial charge in [-0.3, -0.25) is 4.90 Å². The van der Waals surface area contributed by atoms with Crippen LogP contribution in [0.2, 0.25) is 0 Å². The van der Waals surface area contributed by atoms with Crippen LogP contribution in [0.1, 0.15) is 10.4 Å². The Hall–Kier alpha value is -1.86. The van der Waals surface area contributed by atoms with Gasteiger partial charge in [-0.15, -0.1) is 0 Å². The number of carboxylic acid groups (broad SMARTS) is 1. The topological polar surface area (TPSA) is 85.0 Å². The van der Waals surface area contributed by atoms with Gasteiger partial charge in [-0.2, -0.15) is 0 Å². The Bertz CT molecular complexity index is 466. The number of anilines is 1. The third-order valence-corrected chi connectivity index (χ3v) is 3.09. The summed E-state index contributed by atoms with van der Waals surface area (Å²) >= 11 is 0. The molecule has 1 aliphatic rings. The van der Waals surface area contributed by atoms with Gasteiger partial charge < -0.3 is 20.3 Å². The van der Waals surface area contributed by atoms with E-state index >= 15 is 0 Å². The molecule has 0 spiro atoms. The summed E-state index contributed by atoms with van der Waals surface area (Å²) in [7, 11) is 0. The van der Waals surface area contributed by atoms with Crippen LogP contribution in [-0.4, -0.2) is 55.4 Å². The lowest BCUT2D eigenvalue weighted by atomic mass is 10.1. The Morgan fingerprint density at radius 1 is 1.45 bits per heavy atom. The largest absolute Gasteiger partial charge is 0.492 e. The van der Waals surface area contributed by atoms with Gasteiger partial charge in [0.15, 0.2) is 0 Å². The van der Waals surface area contributed by atoms with E-state index in [4.69, 9.17) is 20.3 Å². The number of carbonyl (C=O) groups is 1. The summed E-state index contributed by atoms with van der Waals surface area (Å²) in [4.78, 5) is 13.0. The minimum absolute atomic E-state index is 0.140. The lowest BCUT2D eigenvalue weighted by Gasteiger charge is -2.26. The summed E-state index contributed by atoms with van der Waals surface area (Å²) in [6, 6.07) is 2.37. The summed E-state index contributed by atoms with van der Waals surface area (Å²) in [6.45, 7) is 4.18. The number of hydrogen-bond acceptors (Lipinski definition) is 5. The highest BCUT2D eigenvalue weighted by Gasteiger charge is 2.16. The lowest BCUT2D eigenvalue weighted by molar-refractivity contribution is 0.0322. The van der Waals surface area contributed by atoms with E-state index in [9.17, 15) is 9.18 Å². The molecule has 1 aromatic carbocycles. The summed E-state index contributed by atoms with van der Waals surface area (Å²) in [5.41, 5.74) is 4.85. The van der Waals surface area contributed by atoms with Gasteiger partial charge in [0.25, 0.3) is 0 Å². The van der Waals surface area contributed by atoms with Crippen molar-refractivity contribution in [1.29, 1.82) is 0 Å². The smallest absolute Gasteiger partial charge is 0.340 e. The van der Waals surface area contributed by atoms with Crippen molar-refractivity contribution in [3.63, 3.8) is 0 Å². The SMILES string of the molecule is Nc1cc(OCCN2CCOCC2)cc(F)c1C(=O)O. The first-order chi connectivity index (χ1) is 9.58. The molecular formula is C13H17FN2O4. The maximum Gasteiger partial charge on any atom is 0.340 e. The molecule has 6 nitrogen and oxygen atoms in total. The van der Waals surface area contributed by atoms with Gasteiger partial charge in [0, 0.05) is 31.8 Å². The first-order valence-electron chi connectivity index (χ1n) is 6.33. The molecule has 1 saturated heterocycles. The van der Waals surface area contributed by atoms with Gasteiger partial charge in [-0.05, 0) is 0 Å². The number of aromatic carboxylic acids is 1. The normalized spacial score (nSPS) is 16.1. The molecule has 0 saturated carbocycles. The fourth-order valence-corrected chi connectivity index (χ4v) is 2.03. The molecule has 0 atom stereocenters. The molecule has 0 amide bonds. The zero-order chi connectivity index (χ0) is 14.5. The number of morpholine rings is 1. The third-order valence-electron chi connectivity index (χ3n) is 3.09. The fourth-order valence-electron chi connectivity index (χ4n) is 2.03. The number of hydrogen-bond donors (Lipinski definition) is 2. The first kappa shape index (κ1) is 14.5. The highest BCUT2D eigenvalue weighted by atomic mass is 19.1. The number of carboxylic acids is 1. The molecule has 1 fully saturated rings. The Kier molecular flexibility index (Phi) is 4.75. The summed E-state index contributed by atoms with van der Waals surface area (Å²) in [5.74, 6) is -2.04. The zero-order valence-electron chi connectivity index (χ0n) is 11.0. The summed E-state index contributed by atoms with van der Waals surface area (Å²) in [5, 5.41) is 8.80. The predicted octanol–water partition coefficient (Wildman–Crippen LogP) is 0.817. The number of benzene rings is 1. The van der Waals surface area contributed by atoms with E-state index in [-0.39, 0.29) is 11.4 Å². The van der Waals surface area contributed by atoms with Crippen LogP contribution >= 0.6 is 0 Å². The number of halogens is 1. The van der Waals surface area contributed by atoms with Crippen molar-refractivity contribution < 1.29 is 23.8 Å². The molecule has 0 aliphatic carbocycles. The third kappa shape index (κ3) is 3.58. The van der Waals surface area contributed by atoms with Crippen molar-refractivity contribution in [2.24, 2.45) is 0 Å². The van der Waals surface area contributed by atoms with Crippen LogP contribution in [-0.2, 0) is 4.74 Å². The van der Waals surface area contributed by atoms with Gasteiger partial charge in [-0.1, -0.05) is 0 Å². The van der Waals surface area contributed by atoms with E-state index in [1.54, 1.807) is 0 Å². The van der Waals surface area contributed by atoms with Crippen LogP contribution in [0.3, 0.4) is 0 Å². The molecule has 20 heavy (non-hydrogen) atoms. The van der Waals surface area contributed by atoms with Gasteiger partial charge >= 0.3 is 5.97 Å². The molecular weight excluding hydrogens is 267 g/mol. The van der Waals surface area contributed by atoms with E-state index in [1.807, 2.05) is 0 Å². The van der Waals surface area contributed by atoms with Gasteiger partial charge in [0.2, 0.25) is 0 Å². The second kappa shape index (κ2) is 6.53. The first-order valence-corrected chi connectivity index (χ1v) is 6.33. The predicted molar refractivity (Wildman–Crippen MR) is 70.5 cm³/mol. The second-order valence-electron chi connectivity index (χ2n) is 4.48. The monoisotopic (exact) mass is 284 g/mol. The van der Waals surface area contributed by atoms with E-state index in [0.717, 1.165) is 19.2 Å². The van der Waals surface area contributed by atoms with Crippen LogP contribution in [0, 0.1) is 5.82 Å². The van der Waals surface area contributed by atoms with E-state index in [2.05, 4.69) is 4.90 Å². The standard InChI is InChI=1S/C13H17FN2O4/c14-10-7-9(8-11(15)12(10)13(17)18)20-6-3-16-1-4-19-5-2-16/h7-8H,1-6,15H2,(H,17,18). The number of nitrogens with zero attached hydrogens (tertiary/aromatic N) is 1. The number of rotatable bonds is 5. The zero-order valence-corrected chi connectivity index (χ0v) is 11.0. The quantitative estimate of drug-likeness (QED) is 0.779. The van der Waals surface area contributed by atoms with Gasteiger partial charge in [0.1, 0.15) is 23.7 Å². The Morgan fingerprint density at radius 2 is 2.15 bits per heavy atom. The van der Waals surface area contributed by atoms with Crippen molar-refractivity contribution in [3.05, 3.63) is 23.5 Å². The van der Waals surface area contributed by atoms with E-state index < -0.39 is 17.3 Å². The average molecular weight is 284 g/mol. The van der Waals surface area contributed by atoms with Gasteiger partial charge in [-0.25, -0.2) is 9.18 Å². The Labute approximate surface area is 115 Å². The molecule has 1 aromatic rings. The molecule has 3 N–H and O–H groups in total. The Balaban J connectivity index is 1.91. The lowest BCUT2D eigenvalue weighted by Crippen LogP contribution is -2.38. The molecule has 1 aliphatic heterocycles. The van der Waals surface area contributed by atoms with Crippen LogP contribution in [0.15, 0.2) is 12.1 Å². The van der Waals surface area contributed by atoms with E-state index in [1.165, 1.54) is 6.07 Å². The van der Waals surface area contributed by atoms with Crippen LogP contribution < -0.4 is 10.5 Å². The minimum Gasteiger partial charge on any atom is -0.492 e. The average Bonchev–Trinajstić information content (AvgIpc) is 2.38. The van der Waals surface area contributed by atoms with Crippen molar-refractivity contribution >= 4 is 11.7 Å². The van der Waals surface area contributed by atoms with Crippen molar-refractivity contribution in [3.8, 4) is 5.75 Å². The number of ether oxygens (including phenoxy) is 2. The molecule has 110 valence electrons. The summed E-state index contributed by atoms with van der Waals surface area (Å²) in [6.07, 6.45) is 0. The maximum atomic E-state index is 13.6. The van der Waals surface area contributed by atoms with Crippen molar-refractivity contribution in [2.45, 2.75) is 0 Å². The van der Waals surface area contributed by atoms with Crippen molar-refractivity contribution in [2.75, 3.05) is 45.2 Å². The number of nitrogens with two attached hydrogens (primary N) is 1. The highest BCUT2D eigenvalue weighted by molar-refractivity contribution is 5.94. The summed E-state index contributed by atoms with van der Waals surface area (Å²) < 4.78 is 24.2. The molecule has 7 heteroatoms. The maximum absolute atomic E-state index is 13.6. The van der Waals surface area contributed by atoms with Gasteiger partial charge in [0.05, 0.1) is 18.9 Å². The second-order valence-corrected chi connectivity index (χ2v) is 4.48. The number of nitrogen functional groups attached to an aromatic ring is 1. The van der Waals surface area contributed by atoms with E-state index in [0.29, 0.717) is 26.4 Å². The fraction of sp³-hybridized carbons (Fsp3) is 0.462. The van der Waals surface area contributed by atoms with Crippen LogP contribution in [0.5, 0.6) is 5.75 Å². The molecule has 0 aromatic heterocycles. The Morgan fingerprint density at radius 3 is 2.75 bits per heavy atom. The molecule has 0 unspecified atom stereocenters.